The fraction of sp³-hybridized carbons (Fsp3) is 0.625. The van der Waals surface area contributed by atoms with E-state index in [1.165, 1.54) is 12.3 Å². The summed E-state index contributed by atoms with van der Waals surface area (Å²) >= 11 is 5.71. The number of nitrogens with one attached hydrogen (secondary N) is 1. The van der Waals surface area contributed by atoms with Gasteiger partial charge in [0.1, 0.15) is 5.82 Å². The Balaban J connectivity index is 1.52. The topological polar surface area (TPSA) is 58.6 Å². The summed E-state index contributed by atoms with van der Waals surface area (Å²) in [5, 5.41) is 0.136. The van der Waals surface area contributed by atoms with E-state index in [0.717, 1.165) is 31.5 Å². The van der Waals surface area contributed by atoms with Crippen molar-refractivity contribution in [1.82, 2.24) is 9.62 Å². The zero-order valence-corrected chi connectivity index (χ0v) is 15.2. The molecule has 0 amide bonds. The number of likely N-dealkylation sites (tertiary alicyclic amines) is 1. The summed E-state index contributed by atoms with van der Waals surface area (Å²) in [6, 6.07) is 4.88. The Bertz CT molecular complexity index is 707. The second kappa shape index (κ2) is 6.88. The van der Waals surface area contributed by atoms with Crippen molar-refractivity contribution in [3.63, 3.8) is 0 Å². The Morgan fingerprint density at radius 1 is 1.46 bits per heavy atom. The van der Waals surface area contributed by atoms with Crippen LogP contribution in [0.2, 0.25) is 5.02 Å². The average Bonchev–Trinajstić information content (AvgIpc) is 2.85. The maximum atomic E-state index is 13.5. The minimum Gasteiger partial charge on any atom is -0.372 e. The maximum Gasteiger partial charge on any atom is 0.208 e. The van der Waals surface area contributed by atoms with Crippen molar-refractivity contribution in [2.24, 2.45) is 5.92 Å². The molecule has 1 atom stereocenters. The number of sulfonamides is 1. The van der Waals surface area contributed by atoms with Crippen LogP contribution in [0.1, 0.15) is 18.4 Å². The Hall–Kier alpha value is -0.730. The van der Waals surface area contributed by atoms with Crippen LogP contribution < -0.4 is 4.72 Å². The van der Waals surface area contributed by atoms with E-state index in [1.807, 2.05) is 6.07 Å². The number of hydrogen-bond acceptors (Lipinski definition) is 4. The lowest BCUT2D eigenvalue weighted by Gasteiger charge is -2.50. The summed E-state index contributed by atoms with van der Waals surface area (Å²) in [5.74, 6) is -0.0452. The van der Waals surface area contributed by atoms with Gasteiger partial charge in [0.05, 0.1) is 16.9 Å². The number of halogens is 2. The summed E-state index contributed by atoms with van der Waals surface area (Å²) in [6.07, 6.45) is 2.90. The molecule has 1 unspecified atom stereocenters. The average molecular weight is 377 g/mol. The summed E-state index contributed by atoms with van der Waals surface area (Å²) in [5.41, 5.74) is 0.712. The monoisotopic (exact) mass is 376 g/mol. The van der Waals surface area contributed by atoms with Crippen LogP contribution in [0.15, 0.2) is 18.2 Å². The van der Waals surface area contributed by atoms with Gasteiger partial charge in [0.2, 0.25) is 10.0 Å². The summed E-state index contributed by atoms with van der Waals surface area (Å²) < 4.78 is 44.4. The molecule has 0 bridgehead atoms. The fourth-order valence-corrected chi connectivity index (χ4v) is 4.29. The van der Waals surface area contributed by atoms with Crippen molar-refractivity contribution in [2.45, 2.75) is 25.0 Å². The first-order valence-corrected chi connectivity index (χ1v) is 10.3. The molecule has 0 saturated carbocycles. The fourth-order valence-electron chi connectivity index (χ4n) is 3.68. The first-order valence-electron chi connectivity index (χ1n) is 8.02. The van der Waals surface area contributed by atoms with Crippen molar-refractivity contribution < 1.29 is 17.5 Å². The standard InChI is InChI=1S/C16H22ClFN2O3S/c1-24(21,22)19-6-4-13-5-7-23-16(13)10-20(11-16)9-12-2-3-14(17)15(18)8-12/h2-3,8,13,19H,4-7,9-11H2,1H3. The molecule has 0 aliphatic carbocycles. The largest absolute Gasteiger partial charge is 0.372 e. The molecule has 1 N–H and O–H groups in total. The van der Waals surface area contributed by atoms with E-state index in [2.05, 4.69) is 9.62 Å². The number of hydrogen-bond donors (Lipinski definition) is 1. The highest BCUT2D eigenvalue weighted by Gasteiger charge is 2.52. The smallest absolute Gasteiger partial charge is 0.208 e. The van der Waals surface area contributed by atoms with Gasteiger partial charge >= 0.3 is 0 Å². The molecule has 24 heavy (non-hydrogen) atoms. The summed E-state index contributed by atoms with van der Waals surface area (Å²) in [6.45, 7) is 3.40. The normalized spacial score (nSPS) is 23.5. The van der Waals surface area contributed by atoms with E-state index in [4.69, 9.17) is 16.3 Å². The van der Waals surface area contributed by atoms with E-state index in [9.17, 15) is 12.8 Å². The molecule has 0 aromatic heterocycles. The molecule has 0 radical (unpaired) electrons. The zero-order chi connectivity index (χ0) is 17.4. The summed E-state index contributed by atoms with van der Waals surface area (Å²) in [4.78, 5) is 2.21. The van der Waals surface area contributed by atoms with Gasteiger partial charge in [0.25, 0.3) is 0 Å². The van der Waals surface area contributed by atoms with E-state index in [0.29, 0.717) is 25.6 Å². The van der Waals surface area contributed by atoms with Crippen molar-refractivity contribution in [3.8, 4) is 0 Å². The quantitative estimate of drug-likeness (QED) is 0.825. The minimum absolute atomic E-state index is 0.136. The molecule has 2 aliphatic heterocycles. The third-order valence-corrected chi connectivity index (χ3v) is 5.86. The molecular weight excluding hydrogens is 355 g/mol. The Labute approximate surface area is 147 Å². The van der Waals surface area contributed by atoms with E-state index < -0.39 is 15.8 Å². The highest BCUT2D eigenvalue weighted by molar-refractivity contribution is 7.88. The molecule has 5 nitrogen and oxygen atoms in total. The Morgan fingerprint density at radius 2 is 2.21 bits per heavy atom. The van der Waals surface area contributed by atoms with E-state index >= 15 is 0 Å². The maximum absolute atomic E-state index is 13.5. The molecule has 2 saturated heterocycles. The molecule has 2 fully saturated rings. The Morgan fingerprint density at radius 3 is 2.88 bits per heavy atom. The van der Waals surface area contributed by atoms with Crippen molar-refractivity contribution in [3.05, 3.63) is 34.6 Å². The van der Waals surface area contributed by atoms with Crippen molar-refractivity contribution >= 4 is 21.6 Å². The van der Waals surface area contributed by atoms with E-state index in [1.54, 1.807) is 6.07 Å². The lowest BCUT2D eigenvalue weighted by molar-refractivity contribution is -0.136. The van der Waals surface area contributed by atoms with Gasteiger partial charge in [-0.25, -0.2) is 17.5 Å². The minimum atomic E-state index is -3.15. The molecule has 1 spiro atoms. The number of ether oxygens (including phenoxy) is 1. The molecular formula is C16H22ClFN2O3S. The second-order valence-corrected chi connectivity index (χ2v) is 8.99. The lowest BCUT2D eigenvalue weighted by Crippen LogP contribution is -2.64. The van der Waals surface area contributed by atoms with Crippen LogP contribution in [0, 0.1) is 11.7 Å². The first kappa shape index (κ1) is 18.1. The SMILES string of the molecule is CS(=O)(=O)NCCC1CCOC12CN(Cc1ccc(Cl)c(F)c1)C2. The first-order chi connectivity index (χ1) is 11.3. The molecule has 134 valence electrons. The molecule has 1 aromatic rings. The second-order valence-electron chi connectivity index (χ2n) is 6.75. The van der Waals surface area contributed by atoms with Gasteiger partial charge in [-0.2, -0.15) is 0 Å². The van der Waals surface area contributed by atoms with Gasteiger partial charge in [0.15, 0.2) is 0 Å². The third kappa shape index (κ3) is 4.08. The number of nitrogens with zero attached hydrogens (tertiary/aromatic N) is 1. The molecule has 2 aliphatic rings. The van der Waals surface area contributed by atoms with Gasteiger partial charge in [-0.15, -0.1) is 0 Å². The predicted molar refractivity (Wildman–Crippen MR) is 90.9 cm³/mol. The van der Waals surface area contributed by atoms with Crippen molar-refractivity contribution in [1.29, 1.82) is 0 Å². The van der Waals surface area contributed by atoms with Crippen LogP contribution in [-0.2, 0) is 21.3 Å². The summed E-state index contributed by atoms with van der Waals surface area (Å²) in [7, 11) is -3.15. The molecule has 3 rings (SSSR count). The number of benzene rings is 1. The van der Waals surface area contributed by atoms with Crippen LogP contribution in [0.25, 0.3) is 0 Å². The van der Waals surface area contributed by atoms with Crippen LogP contribution in [0.4, 0.5) is 4.39 Å². The van der Waals surface area contributed by atoms with Crippen LogP contribution >= 0.6 is 11.6 Å². The molecule has 1 aromatic carbocycles. The molecule has 8 heteroatoms. The zero-order valence-electron chi connectivity index (χ0n) is 13.6. The van der Waals surface area contributed by atoms with Crippen LogP contribution in [0.5, 0.6) is 0 Å². The van der Waals surface area contributed by atoms with Crippen LogP contribution in [-0.4, -0.2) is 51.4 Å². The van der Waals surface area contributed by atoms with Gasteiger partial charge in [-0.1, -0.05) is 17.7 Å². The lowest BCUT2D eigenvalue weighted by atomic mass is 9.79. The van der Waals surface area contributed by atoms with Crippen molar-refractivity contribution in [2.75, 3.05) is 32.5 Å². The van der Waals surface area contributed by atoms with Gasteiger partial charge in [-0.05, 0) is 36.5 Å². The highest BCUT2D eigenvalue weighted by Crippen LogP contribution is 2.42. The highest BCUT2D eigenvalue weighted by atomic mass is 35.5. The van der Waals surface area contributed by atoms with Gasteiger partial charge in [-0.3, -0.25) is 4.90 Å². The third-order valence-electron chi connectivity index (χ3n) is 4.83. The predicted octanol–water partition coefficient (Wildman–Crippen LogP) is 2.01. The van der Waals surface area contributed by atoms with Crippen LogP contribution in [0.3, 0.4) is 0 Å². The van der Waals surface area contributed by atoms with Gasteiger partial charge < -0.3 is 4.74 Å². The number of rotatable bonds is 6. The molecule has 2 heterocycles. The van der Waals surface area contributed by atoms with E-state index in [-0.39, 0.29) is 10.6 Å². The van der Waals surface area contributed by atoms with Gasteiger partial charge in [0, 0.05) is 32.8 Å². The Kier molecular flexibility index (Phi) is 5.18.